The van der Waals surface area contributed by atoms with Crippen molar-refractivity contribution in [2.24, 2.45) is 0 Å². The molecular weight excluding hydrogens is 248 g/mol. The van der Waals surface area contributed by atoms with Crippen molar-refractivity contribution < 1.29 is 9.90 Å². The Morgan fingerprint density at radius 1 is 1.44 bits per heavy atom. The highest BCUT2D eigenvalue weighted by Crippen LogP contribution is 2.28. The zero-order chi connectivity index (χ0) is 13.7. The van der Waals surface area contributed by atoms with E-state index in [0.717, 1.165) is 23.6 Å². The molecule has 0 atom stereocenters. The molecule has 0 saturated heterocycles. The van der Waals surface area contributed by atoms with Crippen LogP contribution in [0.1, 0.15) is 58.2 Å². The summed E-state index contributed by atoms with van der Waals surface area (Å²) in [6.45, 7) is 8.48. The van der Waals surface area contributed by atoms with Gasteiger partial charge in [0, 0.05) is 0 Å². The van der Waals surface area contributed by atoms with Crippen LogP contribution in [0.2, 0.25) is 0 Å². The summed E-state index contributed by atoms with van der Waals surface area (Å²) >= 11 is 1.35. The Balaban J connectivity index is 3.00. The van der Waals surface area contributed by atoms with E-state index < -0.39 is 5.97 Å². The first-order valence-electron chi connectivity index (χ1n) is 6.43. The minimum atomic E-state index is -0.789. The highest BCUT2D eigenvalue weighted by Gasteiger charge is 2.17. The van der Waals surface area contributed by atoms with Crippen molar-refractivity contribution in [2.45, 2.75) is 57.5 Å². The monoisotopic (exact) mass is 270 g/mol. The third-order valence-corrected chi connectivity index (χ3v) is 3.94. The van der Waals surface area contributed by atoms with Crippen LogP contribution in [0, 0.1) is 0 Å². The first-order chi connectivity index (χ1) is 8.49. The second kappa shape index (κ2) is 6.83. The summed E-state index contributed by atoms with van der Waals surface area (Å²) in [5.41, 5.74) is 1.04. The number of aliphatic carboxylic acids is 1. The van der Waals surface area contributed by atoms with Crippen LogP contribution in [-0.4, -0.2) is 26.6 Å². The minimum Gasteiger partial charge on any atom is -0.481 e. The van der Waals surface area contributed by atoms with Crippen LogP contribution in [-0.2, 0) is 4.79 Å². The molecule has 0 bridgehead atoms. The van der Waals surface area contributed by atoms with Gasteiger partial charge in [-0.1, -0.05) is 39.5 Å². The fourth-order valence-electron chi connectivity index (χ4n) is 1.82. The Labute approximate surface area is 113 Å². The number of hydrogen-bond donors (Lipinski definition) is 1. The molecule has 1 aromatic heterocycles. The number of aromatic nitrogens is 2. The summed E-state index contributed by atoms with van der Waals surface area (Å²) in [5.74, 6) is -0.336. The molecule has 5 heteroatoms. The summed E-state index contributed by atoms with van der Waals surface area (Å²) in [7, 11) is 0. The third-order valence-electron chi connectivity index (χ3n) is 2.94. The summed E-state index contributed by atoms with van der Waals surface area (Å²) < 4.78 is 2.00. The fraction of sp³-hybridized carbons (Fsp3) is 0.692. The molecule has 18 heavy (non-hydrogen) atoms. The summed E-state index contributed by atoms with van der Waals surface area (Å²) in [6, 6.07) is 2.38. The first kappa shape index (κ1) is 15.1. The molecule has 0 aromatic carbocycles. The summed E-state index contributed by atoms with van der Waals surface area (Å²) in [4.78, 5) is 10.7. The van der Waals surface area contributed by atoms with Gasteiger partial charge in [0.05, 0.1) is 22.5 Å². The van der Waals surface area contributed by atoms with Gasteiger partial charge in [-0.05, 0) is 24.8 Å². The number of rotatable bonds is 7. The standard InChI is InChI=1S/C13H22N2O2S/c1-5-10(6-2)15-12(18-8-13(16)17)7-11(14-15)9(3)4/h7,9-10H,5-6,8H2,1-4H3,(H,16,17). The van der Waals surface area contributed by atoms with E-state index >= 15 is 0 Å². The topological polar surface area (TPSA) is 55.1 Å². The average Bonchev–Trinajstić information content (AvgIpc) is 2.72. The highest BCUT2D eigenvalue weighted by atomic mass is 32.2. The Hall–Kier alpha value is -0.970. The van der Waals surface area contributed by atoms with Gasteiger partial charge in [-0.3, -0.25) is 9.48 Å². The van der Waals surface area contributed by atoms with Gasteiger partial charge in [0.15, 0.2) is 0 Å². The zero-order valence-electron chi connectivity index (χ0n) is 11.5. The zero-order valence-corrected chi connectivity index (χ0v) is 12.3. The van der Waals surface area contributed by atoms with E-state index in [2.05, 4.69) is 32.8 Å². The highest BCUT2D eigenvalue weighted by molar-refractivity contribution is 7.99. The van der Waals surface area contributed by atoms with E-state index in [1.165, 1.54) is 11.8 Å². The first-order valence-corrected chi connectivity index (χ1v) is 7.42. The van der Waals surface area contributed by atoms with Crippen molar-refractivity contribution in [3.05, 3.63) is 11.8 Å². The van der Waals surface area contributed by atoms with Crippen LogP contribution in [0.15, 0.2) is 11.1 Å². The van der Waals surface area contributed by atoms with E-state index in [0.29, 0.717) is 12.0 Å². The minimum absolute atomic E-state index is 0.0867. The van der Waals surface area contributed by atoms with Gasteiger partial charge >= 0.3 is 5.97 Å². The molecule has 0 amide bonds. The van der Waals surface area contributed by atoms with Crippen LogP contribution >= 0.6 is 11.8 Å². The van der Waals surface area contributed by atoms with Crippen LogP contribution in [0.3, 0.4) is 0 Å². The van der Waals surface area contributed by atoms with Crippen LogP contribution in [0.5, 0.6) is 0 Å². The maximum Gasteiger partial charge on any atom is 0.313 e. The van der Waals surface area contributed by atoms with E-state index in [9.17, 15) is 4.79 Å². The van der Waals surface area contributed by atoms with Crippen molar-refractivity contribution in [3.63, 3.8) is 0 Å². The van der Waals surface area contributed by atoms with Gasteiger partial charge in [0.1, 0.15) is 0 Å². The van der Waals surface area contributed by atoms with Crippen molar-refractivity contribution in [2.75, 3.05) is 5.75 Å². The van der Waals surface area contributed by atoms with E-state index in [1.807, 2.05) is 10.7 Å². The maximum absolute atomic E-state index is 10.7. The Kier molecular flexibility index (Phi) is 5.72. The third kappa shape index (κ3) is 3.77. The molecule has 0 fully saturated rings. The Morgan fingerprint density at radius 3 is 2.50 bits per heavy atom. The molecule has 0 aliphatic carbocycles. The van der Waals surface area contributed by atoms with E-state index in [1.54, 1.807) is 0 Å². The van der Waals surface area contributed by atoms with Crippen LogP contribution in [0.4, 0.5) is 0 Å². The number of carboxylic acid groups (broad SMARTS) is 1. The lowest BCUT2D eigenvalue weighted by Crippen LogP contribution is -2.11. The maximum atomic E-state index is 10.7. The lowest BCUT2D eigenvalue weighted by atomic mass is 10.1. The number of hydrogen-bond acceptors (Lipinski definition) is 3. The van der Waals surface area contributed by atoms with Gasteiger partial charge in [-0.15, -0.1) is 0 Å². The molecule has 0 saturated carbocycles. The summed E-state index contributed by atoms with van der Waals surface area (Å²) in [5, 5.41) is 14.4. The smallest absolute Gasteiger partial charge is 0.313 e. The molecule has 1 rings (SSSR count). The molecule has 0 aliphatic heterocycles. The predicted octanol–water partition coefficient (Wildman–Crippen LogP) is 3.54. The Morgan fingerprint density at radius 2 is 2.06 bits per heavy atom. The molecule has 4 nitrogen and oxygen atoms in total. The second-order valence-corrected chi connectivity index (χ2v) is 5.66. The molecule has 1 heterocycles. The van der Waals surface area contributed by atoms with E-state index in [-0.39, 0.29) is 5.75 Å². The lowest BCUT2D eigenvalue weighted by molar-refractivity contribution is -0.133. The van der Waals surface area contributed by atoms with Gasteiger partial charge < -0.3 is 5.11 Å². The van der Waals surface area contributed by atoms with Crippen LogP contribution in [0.25, 0.3) is 0 Å². The lowest BCUT2D eigenvalue weighted by Gasteiger charge is -2.16. The SMILES string of the molecule is CCC(CC)n1nc(C(C)C)cc1SCC(=O)O. The molecule has 1 N–H and O–H groups in total. The largest absolute Gasteiger partial charge is 0.481 e. The van der Waals surface area contributed by atoms with Crippen molar-refractivity contribution in [1.29, 1.82) is 0 Å². The number of carboxylic acids is 1. The number of carbonyl (C=O) groups is 1. The van der Waals surface area contributed by atoms with Crippen molar-refractivity contribution in [3.8, 4) is 0 Å². The molecule has 1 aromatic rings. The van der Waals surface area contributed by atoms with Crippen molar-refractivity contribution >= 4 is 17.7 Å². The molecule has 0 radical (unpaired) electrons. The van der Waals surface area contributed by atoms with Gasteiger partial charge in [0.25, 0.3) is 0 Å². The normalized spacial score (nSPS) is 11.4. The predicted molar refractivity (Wildman–Crippen MR) is 74.3 cm³/mol. The average molecular weight is 270 g/mol. The molecule has 102 valence electrons. The molecular formula is C13H22N2O2S. The van der Waals surface area contributed by atoms with Crippen molar-refractivity contribution in [1.82, 2.24) is 9.78 Å². The van der Waals surface area contributed by atoms with Crippen LogP contribution < -0.4 is 0 Å². The van der Waals surface area contributed by atoms with Gasteiger partial charge in [-0.2, -0.15) is 5.10 Å². The van der Waals surface area contributed by atoms with Gasteiger partial charge in [0.2, 0.25) is 0 Å². The molecule has 0 aliphatic rings. The van der Waals surface area contributed by atoms with Gasteiger partial charge in [-0.25, -0.2) is 0 Å². The summed E-state index contributed by atoms with van der Waals surface area (Å²) in [6.07, 6.45) is 2.02. The molecule has 0 spiro atoms. The molecule has 0 unspecified atom stereocenters. The fourth-order valence-corrected chi connectivity index (χ4v) is 2.61. The quantitative estimate of drug-likeness (QED) is 0.770. The number of nitrogens with zero attached hydrogens (tertiary/aromatic N) is 2. The van der Waals surface area contributed by atoms with E-state index in [4.69, 9.17) is 5.11 Å². The second-order valence-electron chi connectivity index (χ2n) is 4.66. The Bertz CT molecular complexity index is 398. The number of thioether (sulfide) groups is 1.